The largest absolute Gasteiger partial charge is 0.480 e. The van der Waals surface area contributed by atoms with E-state index in [4.69, 9.17) is 17.2 Å². The van der Waals surface area contributed by atoms with Crippen LogP contribution in [0.15, 0.2) is 30.3 Å². The van der Waals surface area contributed by atoms with Crippen molar-refractivity contribution in [1.29, 1.82) is 0 Å². The summed E-state index contributed by atoms with van der Waals surface area (Å²) in [6, 6.07) is 4.06. The van der Waals surface area contributed by atoms with Crippen molar-refractivity contribution >= 4 is 47.3 Å². The van der Waals surface area contributed by atoms with Crippen molar-refractivity contribution in [2.24, 2.45) is 17.2 Å². The number of amides is 5. The van der Waals surface area contributed by atoms with Gasteiger partial charge in [0.25, 0.3) is 0 Å². The van der Waals surface area contributed by atoms with Crippen LogP contribution in [0.5, 0.6) is 0 Å². The lowest BCUT2D eigenvalue weighted by Crippen LogP contribution is -2.57. The lowest BCUT2D eigenvalue weighted by Gasteiger charge is -2.25. The molecule has 4 atom stereocenters. The van der Waals surface area contributed by atoms with Crippen molar-refractivity contribution in [3.63, 3.8) is 0 Å². The molecule has 0 saturated heterocycles. The first-order chi connectivity index (χ1) is 17.4. The number of carboxylic acids is 1. The van der Waals surface area contributed by atoms with Crippen LogP contribution in [0, 0.1) is 0 Å². The van der Waals surface area contributed by atoms with Gasteiger partial charge in [-0.1, -0.05) is 30.3 Å². The Labute approximate surface area is 218 Å². The van der Waals surface area contributed by atoms with Crippen molar-refractivity contribution in [2.75, 3.05) is 12.0 Å². The van der Waals surface area contributed by atoms with E-state index in [1.807, 2.05) is 36.6 Å². The molecule has 0 bridgehead atoms. The first-order valence-corrected chi connectivity index (χ1v) is 12.8. The van der Waals surface area contributed by atoms with Crippen molar-refractivity contribution in [1.82, 2.24) is 16.0 Å². The van der Waals surface area contributed by atoms with Gasteiger partial charge >= 0.3 is 5.97 Å². The number of carbonyl (C=O) groups excluding carboxylic acids is 5. The fourth-order valence-electron chi connectivity index (χ4n) is 3.25. The van der Waals surface area contributed by atoms with Gasteiger partial charge in [0, 0.05) is 6.42 Å². The Morgan fingerprint density at radius 2 is 1.38 bits per heavy atom. The minimum absolute atomic E-state index is 0.209. The monoisotopic (exact) mass is 538 g/mol. The van der Waals surface area contributed by atoms with E-state index >= 15 is 0 Å². The maximum atomic E-state index is 13.1. The van der Waals surface area contributed by atoms with Crippen LogP contribution in [0.2, 0.25) is 0 Å². The molecular formula is C23H34N6O7S. The average Bonchev–Trinajstić information content (AvgIpc) is 2.83. The first-order valence-electron chi connectivity index (χ1n) is 11.4. The third-order valence-corrected chi connectivity index (χ3v) is 5.86. The molecule has 1 rings (SSSR count). The normalized spacial score (nSPS) is 13.9. The zero-order chi connectivity index (χ0) is 28.0. The van der Waals surface area contributed by atoms with Crippen LogP contribution < -0.4 is 33.2 Å². The van der Waals surface area contributed by atoms with Gasteiger partial charge in [-0.25, -0.2) is 4.79 Å². The summed E-state index contributed by atoms with van der Waals surface area (Å²) in [7, 11) is 0. The van der Waals surface area contributed by atoms with E-state index in [2.05, 4.69) is 16.0 Å². The highest BCUT2D eigenvalue weighted by atomic mass is 32.2. The van der Waals surface area contributed by atoms with Gasteiger partial charge in [-0.2, -0.15) is 11.8 Å². The number of hydrogen-bond donors (Lipinski definition) is 7. The Morgan fingerprint density at radius 3 is 1.89 bits per heavy atom. The second kappa shape index (κ2) is 16.2. The molecule has 5 amide bonds. The molecule has 1 aromatic rings. The molecule has 0 radical (unpaired) electrons. The Hall–Kier alpha value is -3.65. The number of carbonyl (C=O) groups is 6. The average molecular weight is 539 g/mol. The predicted molar refractivity (Wildman–Crippen MR) is 137 cm³/mol. The Morgan fingerprint density at radius 1 is 0.838 bits per heavy atom. The second-order valence-electron chi connectivity index (χ2n) is 8.27. The molecule has 0 spiro atoms. The summed E-state index contributed by atoms with van der Waals surface area (Å²) in [5, 5.41) is 16.4. The zero-order valence-corrected chi connectivity index (χ0v) is 21.3. The Bertz CT molecular complexity index is 962. The van der Waals surface area contributed by atoms with E-state index in [9.17, 15) is 33.9 Å². The predicted octanol–water partition coefficient (Wildman–Crippen LogP) is -2.01. The van der Waals surface area contributed by atoms with Gasteiger partial charge in [0.05, 0.1) is 12.5 Å². The number of nitrogens with one attached hydrogen (secondary N) is 3. The summed E-state index contributed by atoms with van der Waals surface area (Å²) in [6.07, 6.45) is 1.04. The molecule has 0 aliphatic rings. The molecule has 204 valence electrons. The van der Waals surface area contributed by atoms with Gasteiger partial charge in [0.1, 0.15) is 18.1 Å². The molecule has 13 nitrogen and oxygen atoms in total. The number of nitrogens with two attached hydrogens (primary N) is 3. The maximum absolute atomic E-state index is 13.1. The van der Waals surface area contributed by atoms with Crippen LogP contribution in [-0.4, -0.2) is 76.8 Å². The van der Waals surface area contributed by atoms with Gasteiger partial charge in [-0.3, -0.25) is 24.0 Å². The third-order valence-electron chi connectivity index (χ3n) is 5.21. The van der Waals surface area contributed by atoms with Crippen LogP contribution in [-0.2, 0) is 35.2 Å². The molecule has 4 unspecified atom stereocenters. The summed E-state index contributed by atoms with van der Waals surface area (Å²) in [5.74, 6) is -5.00. The number of carboxylic acid groups (broad SMARTS) is 1. The molecule has 1 aromatic carbocycles. The fourth-order valence-corrected chi connectivity index (χ4v) is 3.72. The topological polar surface area (TPSA) is 237 Å². The van der Waals surface area contributed by atoms with E-state index in [0.717, 1.165) is 5.56 Å². The Kier molecular flexibility index (Phi) is 13.7. The van der Waals surface area contributed by atoms with Crippen LogP contribution in [0.3, 0.4) is 0 Å². The van der Waals surface area contributed by atoms with E-state index < -0.39 is 66.1 Å². The van der Waals surface area contributed by atoms with Crippen LogP contribution in [0.25, 0.3) is 0 Å². The smallest absolute Gasteiger partial charge is 0.326 e. The summed E-state index contributed by atoms with van der Waals surface area (Å²) >= 11 is 1.43. The van der Waals surface area contributed by atoms with E-state index in [0.29, 0.717) is 5.75 Å². The van der Waals surface area contributed by atoms with Gasteiger partial charge in [-0.15, -0.1) is 0 Å². The number of thioether (sulfide) groups is 1. The number of rotatable bonds is 17. The number of benzene rings is 1. The maximum Gasteiger partial charge on any atom is 0.326 e. The van der Waals surface area contributed by atoms with Gasteiger partial charge in [0.15, 0.2) is 0 Å². The SMILES string of the molecule is CSCCC(NC(=O)C(N)Cc1ccccc1)C(=O)NC(CCC(N)=O)C(=O)NC(CC(N)=O)C(=O)O. The standard InChI is InChI=1S/C23H34N6O7S/c1-37-10-9-16(27-20(32)14(24)11-13-5-3-2-4-6-13)22(34)28-15(7-8-18(25)30)21(33)29-17(23(35)36)12-19(26)31/h2-6,14-17H,7-12,24H2,1H3,(H2,25,30)(H2,26,31)(H,27,32)(H,28,34)(H,29,33)(H,35,36). The number of hydrogen-bond acceptors (Lipinski definition) is 8. The summed E-state index contributed by atoms with van der Waals surface area (Å²) in [5.41, 5.74) is 17.1. The van der Waals surface area contributed by atoms with E-state index in [1.165, 1.54) is 11.8 Å². The minimum Gasteiger partial charge on any atom is -0.480 e. The van der Waals surface area contributed by atoms with E-state index in [-0.39, 0.29) is 25.7 Å². The molecule has 10 N–H and O–H groups in total. The molecule has 0 aliphatic carbocycles. The van der Waals surface area contributed by atoms with Gasteiger partial charge in [0.2, 0.25) is 29.5 Å². The van der Waals surface area contributed by atoms with Gasteiger partial charge < -0.3 is 38.3 Å². The number of primary amides is 2. The second-order valence-corrected chi connectivity index (χ2v) is 9.26. The van der Waals surface area contributed by atoms with Crippen LogP contribution in [0.1, 0.15) is 31.2 Å². The summed E-state index contributed by atoms with van der Waals surface area (Å²) < 4.78 is 0. The molecule has 0 heterocycles. The highest BCUT2D eigenvalue weighted by molar-refractivity contribution is 7.98. The molecule has 0 aromatic heterocycles. The lowest BCUT2D eigenvalue weighted by atomic mass is 10.0. The minimum atomic E-state index is -1.64. The highest BCUT2D eigenvalue weighted by Gasteiger charge is 2.31. The molecule has 0 fully saturated rings. The van der Waals surface area contributed by atoms with Gasteiger partial charge in [-0.05, 0) is 36.8 Å². The van der Waals surface area contributed by atoms with Crippen LogP contribution in [0.4, 0.5) is 0 Å². The van der Waals surface area contributed by atoms with Crippen LogP contribution >= 0.6 is 11.8 Å². The lowest BCUT2D eigenvalue weighted by molar-refractivity contribution is -0.144. The summed E-state index contributed by atoms with van der Waals surface area (Å²) in [6.45, 7) is 0. The quantitative estimate of drug-likeness (QED) is 0.116. The fraction of sp³-hybridized carbons (Fsp3) is 0.478. The molecule has 0 saturated carbocycles. The number of aliphatic carboxylic acids is 1. The van der Waals surface area contributed by atoms with Crippen molar-refractivity contribution in [2.45, 2.75) is 56.3 Å². The molecule has 37 heavy (non-hydrogen) atoms. The summed E-state index contributed by atoms with van der Waals surface area (Å²) in [4.78, 5) is 72.3. The molecule has 14 heteroatoms. The molecular weight excluding hydrogens is 504 g/mol. The zero-order valence-electron chi connectivity index (χ0n) is 20.5. The van der Waals surface area contributed by atoms with Crippen molar-refractivity contribution in [3.8, 4) is 0 Å². The van der Waals surface area contributed by atoms with Crippen molar-refractivity contribution in [3.05, 3.63) is 35.9 Å². The highest BCUT2D eigenvalue weighted by Crippen LogP contribution is 2.07. The molecule has 0 aliphatic heterocycles. The van der Waals surface area contributed by atoms with Crippen molar-refractivity contribution < 1.29 is 33.9 Å². The first kappa shape index (κ1) is 31.4. The van der Waals surface area contributed by atoms with E-state index in [1.54, 1.807) is 0 Å². The Balaban J connectivity index is 2.98. The third kappa shape index (κ3) is 12.2.